The van der Waals surface area contributed by atoms with Crippen LogP contribution in [0.5, 0.6) is 0 Å². The van der Waals surface area contributed by atoms with Gasteiger partial charge in [0, 0.05) is 6.07 Å². The van der Waals surface area contributed by atoms with Crippen LogP contribution >= 0.6 is 11.8 Å². The fourth-order valence-corrected chi connectivity index (χ4v) is 4.08. The molecule has 2 aliphatic rings. The number of carbonyl (C=O) groups is 2. The first kappa shape index (κ1) is 18.1. The van der Waals surface area contributed by atoms with E-state index in [1.165, 1.54) is 22.7 Å². The Bertz CT molecular complexity index is 864. The van der Waals surface area contributed by atoms with Crippen LogP contribution < -0.4 is 0 Å². The van der Waals surface area contributed by atoms with Gasteiger partial charge in [-0.15, -0.1) is 0 Å². The van der Waals surface area contributed by atoms with Gasteiger partial charge in [0.2, 0.25) is 5.91 Å². The lowest BCUT2D eigenvalue weighted by Crippen LogP contribution is -2.40. The van der Waals surface area contributed by atoms with Crippen molar-refractivity contribution in [2.75, 3.05) is 6.61 Å². The van der Waals surface area contributed by atoms with Gasteiger partial charge in [-0.25, -0.2) is 9.79 Å². The van der Waals surface area contributed by atoms with Crippen LogP contribution in [-0.2, 0) is 14.3 Å². The Hall–Kier alpha value is -2.68. The molecule has 1 amide bonds. The average Bonchev–Trinajstić information content (AvgIpc) is 2.87. The van der Waals surface area contributed by atoms with Crippen molar-refractivity contribution in [2.45, 2.75) is 32.1 Å². The molecule has 1 fully saturated rings. The maximum absolute atomic E-state index is 12.7. The molecular formula is C17H17N3O5S. The summed E-state index contributed by atoms with van der Waals surface area (Å²) in [5.74, 6) is -0.875. The highest BCUT2D eigenvalue weighted by atomic mass is 32.2. The summed E-state index contributed by atoms with van der Waals surface area (Å²) in [5, 5.41) is 11.6. The lowest BCUT2D eigenvalue weighted by atomic mass is 9.93. The lowest BCUT2D eigenvalue weighted by Gasteiger charge is -2.32. The number of amides is 1. The third-order valence-corrected chi connectivity index (χ3v) is 5.24. The first-order valence-electron chi connectivity index (χ1n) is 8.06. The molecule has 0 bridgehead atoms. The van der Waals surface area contributed by atoms with Crippen LogP contribution in [0.3, 0.4) is 0 Å². The Kier molecular flexibility index (Phi) is 4.82. The van der Waals surface area contributed by atoms with Crippen molar-refractivity contribution >= 4 is 34.5 Å². The van der Waals surface area contributed by atoms with Crippen molar-refractivity contribution in [1.82, 2.24) is 4.90 Å². The molecule has 0 N–H and O–H groups in total. The molecule has 3 rings (SSSR count). The fourth-order valence-electron chi connectivity index (χ4n) is 3.05. The van der Waals surface area contributed by atoms with Gasteiger partial charge in [-0.3, -0.25) is 19.8 Å². The molecule has 0 aromatic heterocycles. The summed E-state index contributed by atoms with van der Waals surface area (Å²) >= 11 is 1.27. The lowest BCUT2D eigenvalue weighted by molar-refractivity contribution is -0.385. The van der Waals surface area contributed by atoms with Gasteiger partial charge in [0.05, 0.1) is 33.6 Å². The number of aliphatic imine (C=N–C) groups is 1. The zero-order valence-electron chi connectivity index (χ0n) is 14.5. The molecular weight excluding hydrogens is 358 g/mol. The first-order chi connectivity index (χ1) is 12.4. The van der Waals surface area contributed by atoms with Gasteiger partial charge in [0.1, 0.15) is 6.04 Å². The number of esters is 1. The van der Waals surface area contributed by atoms with Crippen molar-refractivity contribution in [3.63, 3.8) is 0 Å². The van der Waals surface area contributed by atoms with E-state index in [1.807, 2.05) is 0 Å². The smallest absolute Gasteiger partial charge is 0.338 e. The molecule has 0 radical (unpaired) electrons. The molecule has 0 aliphatic carbocycles. The number of thioether (sulfide) groups is 1. The number of benzene rings is 1. The van der Waals surface area contributed by atoms with Crippen LogP contribution in [0.4, 0.5) is 5.69 Å². The van der Waals surface area contributed by atoms with E-state index in [1.54, 1.807) is 39.0 Å². The van der Waals surface area contributed by atoms with E-state index in [9.17, 15) is 19.7 Å². The molecule has 2 heterocycles. The standard InChI is InChI=1S/C17H17N3O5S/c1-4-25-16(22)13-9(2)18-17-19(15(21)10(3)26-17)14(13)11-7-5-6-8-12(11)20(23)24/h5-8,10,14H,4H2,1-3H3/t10-,14-/m1/s1. The molecule has 2 atom stereocenters. The van der Waals surface area contributed by atoms with Crippen molar-refractivity contribution in [3.8, 4) is 0 Å². The third-order valence-electron chi connectivity index (χ3n) is 4.18. The van der Waals surface area contributed by atoms with E-state index in [2.05, 4.69) is 4.99 Å². The zero-order valence-corrected chi connectivity index (χ0v) is 15.3. The summed E-state index contributed by atoms with van der Waals surface area (Å²) in [6.45, 7) is 5.20. The minimum Gasteiger partial charge on any atom is -0.463 e. The predicted molar refractivity (Wildman–Crippen MR) is 96.5 cm³/mol. The minimum atomic E-state index is -0.937. The van der Waals surface area contributed by atoms with Gasteiger partial charge >= 0.3 is 5.97 Å². The topological polar surface area (TPSA) is 102 Å². The summed E-state index contributed by atoms with van der Waals surface area (Å²) in [4.78, 5) is 42.1. The third kappa shape index (κ3) is 2.88. The van der Waals surface area contributed by atoms with E-state index in [0.717, 1.165) is 0 Å². The molecule has 9 heteroatoms. The second-order valence-electron chi connectivity index (χ2n) is 5.80. The van der Waals surface area contributed by atoms with E-state index in [0.29, 0.717) is 10.9 Å². The van der Waals surface area contributed by atoms with E-state index >= 15 is 0 Å². The van der Waals surface area contributed by atoms with Crippen LogP contribution in [0.25, 0.3) is 0 Å². The predicted octanol–water partition coefficient (Wildman–Crippen LogP) is 2.81. The van der Waals surface area contributed by atoms with Crippen LogP contribution in [0, 0.1) is 10.1 Å². The van der Waals surface area contributed by atoms with Crippen LogP contribution in [0.2, 0.25) is 0 Å². The van der Waals surface area contributed by atoms with Crippen molar-refractivity contribution in [3.05, 3.63) is 51.2 Å². The summed E-state index contributed by atoms with van der Waals surface area (Å²) in [5.41, 5.74) is 0.640. The van der Waals surface area contributed by atoms with Gasteiger partial charge in [0.15, 0.2) is 5.17 Å². The Morgan fingerprint density at radius 1 is 1.42 bits per heavy atom. The summed E-state index contributed by atoms with van der Waals surface area (Å²) in [6, 6.07) is 5.16. The van der Waals surface area contributed by atoms with Gasteiger partial charge in [-0.05, 0) is 26.8 Å². The highest BCUT2D eigenvalue weighted by Gasteiger charge is 2.47. The fraction of sp³-hybridized carbons (Fsp3) is 0.353. The second kappa shape index (κ2) is 6.91. The number of ether oxygens (including phenoxy) is 1. The highest BCUT2D eigenvalue weighted by Crippen LogP contribution is 2.45. The Morgan fingerprint density at radius 3 is 2.77 bits per heavy atom. The molecule has 1 aromatic carbocycles. The molecule has 1 saturated heterocycles. The number of allylic oxidation sites excluding steroid dienone is 1. The summed E-state index contributed by atoms with van der Waals surface area (Å²) in [7, 11) is 0. The minimum absolute atomic E-state index is 0.146. The molecule has 0 unspecified atom stereocenters. The molecule has 0 saturated carbocycles. The molecule has 8 nitrogen and oxygen atoms in total. The van der Waals surface area contributed by atoms with E-state index in [-0.39, 0.29) is 34.6 Å². The number of nitro groups is 1. The van der Waals surface area contributed by atoms with Gasteiger partial charge < -0.3 is 4.74 Å². The molecule has 2 aliphatic heterocycles. The monoisotopic (exact) mass is 375 g/mol. The number of hydrogen-bond acceptors (Lipinski definition) is 7. The highest BCUT2D eigenvalue weighted by molar-refractivity contribution is 8.15. The average molecular weight is 375 g/mol. The van der Waals surface area contributed by atoms with E-state index < -0.39 is 16.9 Å². The maximum Gasteiger partial charge on any atom is 0.338 e. The largest absolute Gasteiger partial charge is 0.463 e. The maximum atomic E-state index is 12.7. The molecule has 1 aromatic rings. The van der Waals surface area contributed by atoms with Gasteiger partial charge in [-0.2, -0.15) is 0 Å². The molecule has 0 spiro atoms. The molecule has 26 heavy (non-hydrogen) atoms. The SMILES string of the molecule is CCOC(=O)C1=C(C)N=C2S[C@H](C)C(=O)N2[C@@H]1c1ccccc1[N+](=O)[O-]. The molecule has 136 valence electrons. The zero-order chi connectivity index (χ0) is 19.0. The Labute approximate surface area is 154 Å². The normalized spacial score (nSPS) is 22.2. The number of amidine groups is 1. The number of hydrogen-bond donors (Lipinski definition) is 0. The van der Waals surface area contributed by atoms with Crippen molar-refractivity contribution in [2.24, 2.45) is 4.99 Å². The number of nitrogens with zero attached hydrogens (tertiary/aromatic N) is 3. The van der Waals surface area contributed by atoms with Crippen LogP contribution in [0.15, 0.2) is 40.5 Å². The number of para-hydroxylation sites is 1. The van der Waals surface area contributed by atoms with Gasteiger partial charge in [0.25, 0.3) is 5.69 Å². The second-order valence-corrected chi connectivity index (χ2v) is 7.11. The van der Waals surface area contributed by atoms with Crippen molar-refractivity contribution < 1.29 is 19.2 Å². The summed E-state index contributed by atoms with van der Waals surface area (Å²) < 4.78 is 5.13. The van der Waals surface area contributed by atoms with Crippen LogP contribution in [0.1, 0.15) is 32.4 Å². The first-order valence-corrected chi connectivity index (χ1v) is 8.94. The Balaban J connectivity index is 2.23. The van der Waals surface area contributed by atoms with Crippen molar-refractivity contribution in [1.29, 1.82) is 0 Å². The number of carbonyl (C=O) groups excluding carboxylic acids is 2. The van der Waals surface area contributed by atoms with Gasteiger partial charge in [-0.1, -0.05) is 23.9 Å². The number of rotatable bonds is 4. The quantitative estimate of drug-likeness (QED) is 0.455. The number of nitro benzene ring substituents is 1. The Morgan fingerprint density at radius 2 is 2.12 bits per heavy atom. The number of fused-ring (bicyclic) bond motifs is 1. The van der Waals surface area contributed by atoms with Crippen LogP contribution in [-0.4, -0.2) is 38.7 Å². The van der Waals surface area contributed by atoms with E-state index in [4.69, 9.17) is 4.74 Å². The summed E-state index contributed by atoms with van der Waals surface area (Å²) in [6.07, 6.45) is 0.